The minimum Gasteiger partial charge on any atom is -0.474 e. The summed E-state index contributed by atoms with van der Waals surface area (Å²) in [6.07, 6.45) is 0. The summed E-state index contributed by atoms with van der Waals surface area (Å²) in [4.78, 5) is 13.7. The van der Waals surface area contributed by atoms with E-state index in [1.807, 2.05) is 0 Å². The van der Waals surface area contributed by atoms with Crippen LogP contribution in [0.25, 0.3) is 5.57 Å². The molecule has 0 saturated heterocycles. The van der Waals surface area contributed by atoms with E-state index in [1.165, 1.54) is 0 Å². The summed E-state index contributed by atoms with van der Waals surface area (Å²) in [5, 5.41) is 11.7. The number of nitrogens with zero attached hydrogens (tertiary/aromatic N) is 2. The highest BCUT2D eigenvalue weighted by molar-refractivity contribution is 5.82. The van der Waals surface area contributed by atoms with Crippen molar-refractivity contribution in [1.29, 1.82) is 0 Å². The first-order valence-corrected chi connectivity index (χ1v) is 2.84. The van der Waals surface area contributed by atoms with Gasteiger partial charge in [0.25, 0.3) is 0 Å². The predicted molar refractivity (Wildman–Crippen MR) is 36.0 cm³/mol. The van der Waals surface area contributed by atoms with E-state index in [0.29, 0.717) is 5.57 Å². The molecule has 0 bridgehead atoms. The third-order valence-corrected chi connectivity index (χ3v) is 0.991. The van der Waals surface area contributed by atoms with Crippen LogP contribution in [-0.2, 0) is 0 Å². The highest BCUT2D eigenvalue weighted by Crippen LogP contribution is 2.05. The van der Waals surface area contributed by atoms with Gasteiger partial charge < -0.3 is 9.63 Å². The number of aromatic carboxylic acids is 1. The van der Waals surface area contributed by atoms with E-state index in [0.717, 1.165) is 0 Å². The molecular formula is C6H6N2O3. The Bertz CT molecular complexity index is 274. The van der Waals surface area contributed by atoms with Gasteiger partial charge in [0.1, 0.15) is 0 Å². The van der Waals surface area contributed by atoms with Crippen LogP contribution in [0.5, 0.6) is 0 Å². The molecule has 1 N–H and O–H groups in total. The molecule has 1 aromatic rings. The highest BCUT2D eigenvalue weighted by Gasteiger charge is 2.12. The molecule has 1 aromatic heterocycles. The van der Waals surface area contributed by atoms with Gasteiger partial charge >= 0.3 is 11.9 Å². The maximum Gasteiger partial charge on any atom is 0.394 e. The number of hydrogen-bond acceptors (Lipinski definition) is 4. The van der Waals surface area contributed by atoms with E-state index >= 15 is 0 Å². The first-order valence-electron chi connectivity index (χ1n) is 2.84. The van der Waals surface area contributed by atoms with Crippen LogP contribution in [0.4, 0.5) is 0 Å². The number of rotatable bonds is 2. The molecule has 5 heteroatoms. The Kier molecular flexibility index (Phi) is 1.72. The van der Waals surface area contributed by atoms with Crippen molar-refractivity contribution < 1.29 is 14.4 Å². The van der Waals surface area contributed by atoms with Gasteiger partial charge in [-0.1, -0.05) is 11.7 Å². The molecule has 0 aromatic carbocycles. The molecule has 11 heavy (non-hydrogen) atoms. The van der Waals surface area contributed by atoms with E-state index in [2.05, 4.69) is 21.2 Å². The standard InChI is InChI=1S/C6H6N2O3/c1-3(2)4-7-5(6(9)10)11-8-4/h1H2,2H3,(H,9,10). The second-order valence-corrected chi connectivity index (χ2v) is 2.01. The lowest BCUT2D eigenvalue weighted by Gasteiger charge is -1.82. The number of carbonyl (C=O) groups is 1. The van der Waals surface area contributed by atoms with Gasteiger partial charge in [-0.05, 0) is 12.5 Å². The van der Waals surface area contributed by atoms with Crippen LogP contribution in [0.15, 0.2) is 11.1 Å². The lowest BCUT2D eigenvalue weighted by atomic mass is 10.3. The quantitative estimate of drug-likeness (QED) is 0.681. The summed E-state index contributed by atoms with van der Waals surface area (Å²) in [7, 11) is 0. The molecule has 0 saturated carbocycles. The third-order valence-electron chi connectivity index (χ3n) is 0.991. The molecule has 0 radical (unpaired) electrons. The molecule has 0 aliphatic carbocycles. The van der Waals surface area contributed by atoms with Crippen LogP contribution in [0.2, 0.25) is 0 Å². The Morgan fingerprint density at radius 2 is 2.36 bits per heavy atom. The summed E-state index contributed by atoms with van der Waals surface area (Å²) in [6, 6.07) is 0. The van der Waals surface area contributed by atoms with E-state index in [9.17, 15) is 4.79 Å². The lowest BCUT2D eigenvalue weighted by Crippen LogP contribution is -1.95. The molecular weight excluding hydrogens is 148 g/mol. The van der Waals surface area contributed by atoms with Crippen molar-refractivity contribution in [2.24, 2.45) is 0 Å². The monoisotopic (exact) mass is 154 g/mol. The Labute approximate surface area is 62.3 Å². The second kappa shape index (κ2) is 2.53. The molecule has 0 aliphatic rings. The fourth-order valence-corrected chi connectivity index (χ4v) is 0.484. The van der Waals surface area contributed by atoms with Gasteiger partial charge in [-0.3, -0.25) is 0 Å². The minimum atomic E-state index is -1.23. The number of aromatic nitrogens is 2. The normalized spacial score (nSPS) is 9.55. The third kappa shape index (κ3) is 1.43. The fourth-order valence-electron chi connectivity index (χ4n) is 0.484. The van der Waals surface area contributed by atoms with Crippen molar-refractivity contribution in [3.05, 3.63) is 18.3 Å². The zero-order chi connectivity index (χ0) is 8.43. The van der Waals surface area contributed by atoms with Crippen molar-refractivity contribution in [3.8, 4) is 0 Å². The van der Waals surface area contributed by atoms with Gasteiger partial charge in [-0.15, -0.1) is 0 Å². The predicted octanol–water partition coefficient (Wildman–Crippen LogP) is 0.801. The molecule has 5 nitrogen and oxygen atoms in total. The van der Waals surface area contributed by atoms with Crippen LogP contribution in [-0.4, -0.2) is 21.2 Å². The van der Waals surface area contributed by atoms with Crippen molar-refractivity contribution in [2.45, 2.75) is 6.92 Å². The average Bonchev–Trinajstić information content (AvgIpc) is 2.33. The Balaban J connectivity index is 2.99. The average molecular weight is 154 g/mol. The molecule has 0 aliphatic heterocycles. The molecule has 1 rings (SSSR count). The van der Waals surface area contributed by atoms with Gasteiger partial charge in [0.15, 0.2) is 5.82 Å². The maximum absolute atomic E-state index is 10.2. The summed E-state index contributed by atoms with van der Waals surface area (Å²) >= 11 is 0. The smallest absolute Gasteiger partial charge is 0.394 e. The van der Waals surface area contributed by atoms with Gasteiger partial charge in [0, 0.05) is 0 Å². The zero-order valence-corrected chi connectivity index (χ0v) is 5.87. The van der Waals surface area contributed by atoms with Crippen LogP contribution in [0.3, 0.4) is 0 Å². The first-order chi connectivity index (χ1) is 5.11. The number of carboxylic acids is 1. The molecule has 0 atom stereocenters. The maximum atomic E-state index is 10.2. The van der Waals surface area contributed by atoms with Crippen LogP contribution in [0.1, 0.15) is 23.4 Å². The Hall–Kier alpha value is -1.65. The molecule has 0 unspecified atom stereocenters. The minimum absolute atomic E-state index is 0.224. The number of hydrogen-bond donors (Lipinski definition) is 1. The summed E-state index contributed by atoms with van der Waals surface area (Å²) in [5.41, 5.74) is 0.571. The zero-order valence-electron chi connectivity index (χ0n) is 5.87. The highest BCUT2D eigenvalue weighted by atomic mass is 16.5. The first kappa shape index (κ1) is 7.46. The molecule has 58 valence electrons. The molecule has 0 fully saturated rings. The lowest BCUT2D eigenvalue weighted by molar-refractivity contribution is 0.0643. The van der Waals surface area contributed by atoms with Crippen LogP contribution < -0.4 is 0 Å². The topological polar surface area (TPSA) is 76.2 Å². The van der Waals surface area contributed by atoms with Gasteiger partial charge in [-0.2, -0.15) is 4.98 Å². The summed E-state index contributed by atoms with van der Waals surface area (Å²) in [5.74, 6) is -1.42. The van der Waals surface area contributed by atoms with Gasteiger partial charge in [0.2, 0.25) is 0 Å². The van der Waals surface area contributed by atoms with Crippen molar-refractivity contribution in [1.82, 2.24) is 10.1 Å². The molecule has 0 amide bonds. The van der Waals surface area contributed by atoms with E-state index in [-0.39, 0.29) is 5.82 Å². The van der Waals surface area contributed by atoms with Crippen LogP contribution in [0, 0.1) is 0 Å². The van der Waals surface area contributed by atoms with E-state index in [4.69, 9.17) is 5.11 Å². The molecule has 0 spiro atoms. The van der Waals surface area contributed by atoms with Gasteiger partial charge in [0.05, 0.1) is 0 Å². The largest absolute Gasteiger partial charge is 0.474 e. The van der Waals surface area contributed by atoms with E-state index < -0.39 is 11.9 Å². The molecule has 1 heterocycles. The fraction of sp³-hybridized carbons (Fsp3) is 0.167. The summed E-state index contributed by atoms with van der Waals surface area (Å²) < 4.78 is 4.37. The summed E-state index contributed by atoms with van der Waals surface area (Å²) in [6.45, 7) is 5.18. The Morgan fingerprint density at radius 3 is 2.64 bits per heavy atom. The second-order valence-electron chi connectivity index (χ2n) is 2.01. The van der Waals surface area contributed by atoms with Crippen molar-refractivity contribution in [2.75, 3.05) is 0 Å². The Morgan fingerprint density at radius 1 is 1.73 bits per heavy atom. The van der Waals surface area contributed by atoms with E-state index in [1.54, 1.807) is 6.92 Å². The van der Waals surface area contributed by atoms with Crippen molar-refractivity contribution >= 4 is 11.5 Å². The number of carboxylic acid groups (broad SMARTS) is 1. The number of allylic oxidation sites excluding steroid dienone is 1. The van der Waals surface area contributed by atoms with Gasteiger partial charge in [-0.25, -0.2) is 4.79 Å². The SMILES string of the molecule is C=C(C)c1noc(C(=O)O)n1. The van der Waals surface area contributed by atoms with Crippen molar-refractivity contribution in [3.63, 3.8) is 0 Å². The van der Waals surface area contributed by atoms with Crippen LogP contribution >= 0.6 is 0 Å².